The Morgan fingerprint density at radius 2 is 1.83 bits per heavy atom. The Morgan fingerprint density at radius 3 is 2.55 bits per heavy atom. The Labute approximate surface area is 174 Å². The van der Waals surface area contributed by atoms with Crippen LogP contribution in [0.3, 0.4) is 0 Å². The van der Waals surface area contributed by atoms with Crippen LogP contribution in [0.5, 0.6) is 0 Å². The van der Waals surface area contributed by atoms with Crippen LogP contribution in [0.1, 0.15) is 5.56 Å². The zero-order valence-corrected chi connectivity index (χ0v) is 16.8. The predicted molar refractivity (Wildman–Crippen MR) is 108 cm³/mol. The SMILES string of the molecule is O=C(CSc1nnc(NC(=O)Nc2cccs2)s1)Nc1ccccc1C(F)(F)F. The molecule has 3 amide bonds. The first-order valence-electron chi connectivity index (χ1n) is 7.85. The Bertz CT molecular complexity index is 992. The number of thioether (sulfide) groups is 1. The minimum absolute atomic E-state index is 0.164. The van der Waals surface area contributed by atoms with Gasteiger partial charge in [0, 0.05) is 0 Å². The van der Waals surface area contributed by atoms with Crippen LogP contribution in [0.15, 0.2) is 46.1 Å². The molecular weight excluding hydrogens is 447 g/mol. The van der Waals surface area contributed by atoms with Gasteiger partial charge < -0.3 is 5.32 Å². The summed E-state index contributed by atoms with van der Waals surface area (Å²) in [5.74, 6) is -0.783. The van der Waals surface area contributed by atoms with Crippen molar-refractivity contribution in [3.63, 3.8) is 0 Å². The van der Waals surface area contributed by atoms with E-state index in [1.807, 2.05) is 5.38 Å². The van der Waals surface area contributed by atoms with Crippen molar-refractivity contribution in [3.05, 3.63) is 47.3 Å². The van der Waals surface area contributed by atoms with Gasteiger partial charge in [-0.15, -0.1) is 21.5 Å². The van der Waals surface area contributed by atoms with Crippen molar-refractivity contribution in [1.29, 1.82) is 0 Å². The van der Waals surface area contributed by atoms with Gasteiger partial charge in [0.2, 0.25) is 11.0 Å². The lowest BCUT2D eigenvalue weighted by Crippen LogP contribution is -2.18. The highest BCUT2D eigenvalue weighted by atomic mass is 32.2. The van der Waals surface area contributed by atoms with Crippen LogP contribution in [0.4, 0.5) is 33.8 Å². The minimum Gasteiger partial charge on any atom is -0.325 e. The average molecular weight is 460 g/mol. The maximum atomic E-state index is 13.0. The lowest BCUT2D eigenvalue weighted by molar-refractivity contribution is -0.137. The van der Waals surface area contributed by atoms with Crippen molar-refractivity contribution < 1.29 is 22.8 Å². The number of halogens is 3. The number of carbonyl (C=O) groups is 2. The average Bonchev–Trinajstić information content (AvgIpc) is 3.31. The second-order valence-electron chi connectivity index (χ2n) is 5.31. The molecule has 0 atom stereocenters. The van der Waals surface area contributed by atoms with Crippen molar-refractivity contribution in [2.75, 3.05) is 21.7 Å². The van der Waals surface area contributed by atoms with Gasteiger partial charge in [0.15, 0.2) is 4.34 Å². The number of hydrogen-bond acceptors (Lipinski definition) is 7. The number of aromatic nitrogens is 2. The van der Waals surface area contributed by atoms with E-state index < -0.39 is 23.7 Å². The number of nitrogens with one attached hydrogen (secondary N) is 3. The lowest BCUT2D eigenvalue weighted by atomic mass is 10.1. The van der Waals surface area contributed by atoms with Crippen molar-refractivity contribution in [2.24, 2.45) is 0 Å². The number of urea groups is 1. The van der Waals surface area contributed by atoms with Gasteiger partial charge in [0.25, 0.3) is 0 Å². The van der Waals surface area contributed by atoms with Crippen molar-refractivity contribution in [1.82, 2.24) is 10.2 Å². The maximum Gasteiger partial charge on any atom is 0.418 e. The summed E-state index contributed by atoms with van der Waals surface area (Å²) >= 11 is 3.40. The molecule has 0 unspecified atom stereocenters. The zero-order chi connectivity index (χ0) is 20.9. The normalized spacial score (nSPS) is 11.1. The molecular formula is C16H12F3N5O2S3. The molecule has 7 nitrogen and oxygen atoms in total. The molecule has 2 heterocycles. The Morgan fingerprint density at radius 1 is 1.03 bits per heavy atom. The van der Waals surface area contributed by atoms with Gasteiger partial charge >= 0.3 is 12.2 Å². The van der Waals surface area contributed by atoms with Gasteiger partial charge in [-0.2, -0.15) is 13.2 Å². The Hall–Kier alpha value is -2.64. The van der Waals surface area contributed by atoms with Crippen LogP contribution in [-0.2, 0) is 11.0 Å². The highest BCUT2D eigenvalue weighted by molar-refractivity contribution is 8.01. The summed E-state index contributed by atoms with van der Waals surface area (Å²) in [6.45, 7) is 0. The first kappa shape index (κ1) is 21.1. The second-order valence-corrected chi connectivity index (χ2v) is 8.46. The molecule has 0 saturated carbocycles. The molecule has 3 N–H and O–H groups in total. The summed E-state index contributed by atoms with van der Waals surface area (Å²) in [7, 11) is 0. The molecule has 1 aromatic carbocycles. The van der Waals surface area contributed by atoms with E-state index >= 15 is 0 Å². The molecule has 0 bridgehead atoms. The first-order chi connectivity index (χ1) is 13.8. The molecule has 0 spiro atoms. The quantitative estimate of drug-likeness (QED) is 0.356. The number of hydrogen-bond donors (Lipinski definition) is 3. The summed E-state index contributed by atoms with van der Waals surface area (Å²) in [4.78, 5) is 23.8. The van der Waals surface area contributed by atoms with Gasteiger partial charge in [-0.25, -0.2) is 4.79 Å². The number of anilines is 3. The number of carbonyl (C=O) groups excluding carboxylic acids is 2. The number of thiophene rings is 1. The molecule has 0 aliphatic rings. The largest absolute Gasteiger partial charge is 0.418 e. The van der Waals surface area contributed by atoms with Gasteiger partial charge in [-0.3, -0.25) is 15.4 Å². The third kappa shape index (κ3) is 6.17. The van der Waals surface area contributed by atoms with E-state index in [9.17, 15) is 22.8 Å². The number of nitrogens with zero attached hydrogens (tertiary/aromatic N) is 2. The fourth-order valence-corrected chi connectivity index (χ4v) is 4.22. The first-order valence-corrected chi connectivity index (χ1v) is 10.5. The molecule has 0 fully saturated rings. The van der Waals surface area contributed by atoms with Crippen molar-refractivity contribution >= 4 is 62.2 Å². The highest BCUT2D eigenvalue weighted by Gasteiger charge is 2.33. The van der Waals surface area contributed by atoms with Gasteiger partial charge in [0.05, 0.1) is 22.0 Å². The summed E-state index contributed by atoms with van der Waals surface area (Å²) in [6, 6.07) is 7.78. The third-order valence-electron chi connectivity index (χ3n) is 3.22. The summed E-state index contributed by atoms with van der Waals surface area (Å²) in [6.07, 6.45) is -4.57. The fraction of sp³-hybridized carbons (Fsp3) is 0.125. The van der Waals surface area contributed by atoms with Gasteiger partial charge in [-0.05, 0) is 29.6 Å². The smallest absolute Gasteiger partial charge is 0.325 e. The number of alkyl halides is 3. The van der Waals surface area contributed by atoms with Crippen LogP contribution in [0, 0.1) is 0 Å². The van der Waals surface area contributed by atoms with E-state index in [4.69, 9.17) is 0 Å². The van der Waals surface area contributed by atoms with Crippen LogP contribution >= 0.6 is 34.4 Å². The number of para-hydroxylation sites is 1. The minimum atomic E-state index is -4.57. The third-order valence-corrected chi connectivity index (χ3v) is 5.98. The predicted octanol–water partition coefficient (Wildman–Crippen LogP) is 4.99. The fourth-order valence-electron chi connectivity index (χ4n) is 2.06. The standard InChI is InChI=1S/C16H12F3N5O2S3/c17-16(18,19)9-4-1-2-5-10(9)20-11(25)8-28-15-24-23-14(29-15)22-13(26)21-12-6-3-7-27-12/h1-7H,8H2,(H,20,25)(H2,21,22,23,26). The highest BCUT2D eigenvalue weighted by Crippen LogP contribution is 2.34. The van der Waals surface area contributed by atoms with Crippen LogP contribution < -0.4 is 16.0 Å². The zero-order valence-electron chi connectivity index (χ0n) is 14.3. The molecule has 13 heteroatoms. The summed E-state index contributed by atoms with van der Waals surface area (Å²) in [5, 5.41) is 17.7. The molecule has 0 aliphatic heterocycles. The molecule has 2 aromatic heterocycles. The molecule has 3 aromatic rings. The lowest BCUT2D eigenvalue weighted by Gasteiger charge is -2.13. The Balaban J connectivity index is 1.51. The molecule has 152 valence electrons. The molecule has 0 saturated heterocycles. The molecule has 0 radical (unpaired) electrons. The summed E-state index contributed by atoms with van der Waals surface area (Å²) in [5.41, 5.74) is -1.23. The van der Waals surface area contributed by atoms with Crippen LogP contribution in [0.25, 0.3) is 0 Å². The number of rotatable bonds is 6. The molecule has 3 rings (SSSR count). The maximum absolute atomic E-state index is 13.0. The van der Waals surface area contributed by atoms with E-state index in [-0.39, 0.29) is 16.6 Å². The second kappa shape index (κ2) is 9.24. The van der Waals surface area contributed by atoms with Crippen molar-refractivity contribution in [2.45, 2.75) is 10.5 Å². The van der Waals surface area contributed by atoms with Gasteiger partial charge in [0.1, 0.15) is 0 Å². The number of amides is 3. The monoisotopic (exact) mass is 459 g/mol. The van der Waals surface area contributed by atoms with E-state index in [0.29, 0.717) is 9.34 Å². The summed E-state index contributed by atoms with van der Waals surface area (Å²) < 4.78 is 39.3. The van der Waals surface area contributed by atoms with Crippen LogP contribution in [-0.4, -0.2) is 27.9 Å². The van der Waals surface area contributed by atoms with E-state index in [2.05, 4.69) is 26.1 Å². The van der Waals surface area contributed by atoms with E-state index in [1.165, 1.54) is 29.5 Å². The van der Waals surface area contributed by atoms with E-state index in [1.54, 1.807) is 12.1 Å². The molecule has 29 heavy (non-hydrogen) atoms. The topological polar surface area (TPSA) is 96.0 Å². The van der Waals surface area contributed by atoms with E-state index in [0.717, 1.165) is 29.2 Å². The van der Waals surface area contributed by atoms with Crippen LogP contribution in [0.2, 0.25) is 0 Å². The van der Waals surface area contributed by atoms with Gasteiger partial charge in [-0.1, -0.05) is 35.2 Å². The Kier molecular flexibility index (Phi) is 6.71. The number of benzene rings is 1. The molecule has 0 aliphatic carbocycles. The van der Waals surface area contributed by atoms with Crippen molar-refractivity contribution in [3.8, 4) is 0 Å².